The van der Waals surface area contributed by atoms with Crippen molar-refractivity contribution in [2.45, 2.75) is 6.92 Å². The lowest BCUT2D eigenvalue weighted by Crippen LogP contribution is -2.30. The standard InChI is InChI=1S/C15H11F4NO/c1-2-20(11-5-3-10(16)4-6-11)15(21)9-7-12(17)14(19)13(18)8-9/h3-8H,2H2,1H3. The Balaban J connectivity index is 2.39. The number of hydrogen-bond acceptors (Lipinski definition) is 1. The van der Waals surface area contributed by atoms with Gasteiger partial charge in [0.15, 0.2) is 17.5 Å². The first kappa shape index (κ1) is 15.0. The molecule has 0 spiro atoms. The van der Waals surface area contributed by atoms with Gasteiger partial charge in [-0.3, -0.25) is 4.79 Å². The van der Waals surface area contributed by atoms with Gasteiger partial charge >= 0.3 is 0 Å². The Morgan fingerprint density at radius 1 is 1.00 bits per heavy atom. The summed E-state index contributed by atoms with van der Waals surface area (Å²) >= 11 is 0. The van der Waals surface area contributed by atoms with Crippen LogP contribution < -0.4 is 4.90 Å². The summed E-state index contributed by atoms with van der Waals surface area (Å²) in [5.74, 6) is -5.68. The molecule has 0 saturated carbocycles. The minimum Gasteiger partial charge on any atom is -0.309 e. The molecule has 21 heavy (non-hydrogen) atoms. The molecule has 0 heterocycles. The summed E-state index contributed by atoms with van der Waals surface area (Å²) in [5.41, 5.74) is 0.0478. The van der Waals surface area contributed by atoms with Gasteiger partial charge in [-0.05, 0) is 43.3 Å². The largest absolute Gasteiger partial charge is 0.309 e. The van der Waals surface area contributed by atoms with E-state index in [1.54, 1.807) is 6.92 Å². The van der Waals surface area contributed by atoms with Crippen molar-refractivity contribution in [3.05, 3.63) is 65.2 Å². The lowest BCUT2D eigenvalue weighted by molar-refractivity contribution is 0.0987. The van der Waals surface area contributed by atoms with Gasteiger partial charge in [0.25, 0.3) is 5.91 Å². The highest BCUT2D eigenvalue weighted by molar-refractivity contribution is 6.06. The Kier molecular flexibility index (Phi) is 4.26. The summed E-state index contributed by atoms with van der Waals surface area (Å²) in [6.45, 7) is 1.85. The number of halogens is 4. The highest BCUT2D eigenvalue weighted by Crippen LogP contribution is 2.20. The van der Waals surface area contributed by atoms with Crippen molar-refractivity contribution in [1.29, 1.82) is 0 Å². The normalized spacial score (nSPS) is 10.5. The number of nitrogens with zero attached hydrogens (tertiary/aromatic N) is 1. The number of amides is 1. The van der Waals surface area contributed by atoms with Gasteiger partial charge in [-0.25, -0.2) is 17.6 Å². The summed E-state index contributed by atoms with van der Waals surface area (Å²) in [6, 6.07) is 6.33. The Labute approximate surface area is 118 Å². The summed E-state index contributed by atoms with van der Waals surface area (Å²) in [5, 5.41) is 0. The van der Waals surface area contributed by atoms with Gasteiger partial charge in [0.2, 0.25) is 0 Å². The van der Waals surface area contributed by atoms with Crippen LogP contribution in [0, 0.1) is 23.3 Å². The maximum Gasteiger partial charge on any atom is 0.258 e. The minimum absolute atomic E-state index is 0.199. The number of carbonyl (C=O) groups excluding carboxylic acids is 1. The summed E-state index contributed by atoms with van der Waals surface area (Å²) in [6.07, 6.45) is 0. The van der Waals surface area contributed by atoms with Crippen LogP contribution in [0.5, 0.6) is 0 Å². The highest BCUT2D eigenvalue weighted by Gasteiger charge is 2.20. The van der Waals surface area contributed by atoms with Gasteiger partial charge < -0.3 is 4.90 Å². The van der Waals surface area contributed by atoms with Gasteiger partial charge in [0, 0.05) is 17.8 Å². The summed E-state index contributed by atoms with van der Waals surface area (Å²) in [7, 11) is 0. The lowest BCUT2D eigenvalue weighted by Gasteiger charge is -2.21. The van der Waals surface area contributed by atoms with Gasteiger partial charge in [-0.1, -0.05) is 0 Å². The van der Waals surface area contributed by atoms with E-state index in [0.29, 0.717) is 17.8 Å². The van der Waals surface area contributed by atoms with Gasteiger partial charge in [0.1, 0.15) is 5.82 Å². The highest BCUT2D eigenvalue weighted by atomic mass is 19.2. The quantitative estimate of drug-likeness (QED) is 0.621. The van der Waals surface area contributed by atoms with Crippen molar-refractivity contribution in [1.82, 2.24) is 0 Å². The van der Waals surface area contributed by atoms with E-state index in [1.807, 2.05) is 0 Å². The zero-order valence-corrected chi connectivity index (χ0v) is 11.0. The maximum absolute atomic E-state index is 13.2. The molecular weight excluding hydrogens is 286 g/mol. The average Bonchev–Trinajstić information content (AvgIpc) is 2.46. The van der Waals surface area contributed by atoms with E-state index in [0.717, 1.165) is 12.1 Å². The first-order valence-electron chi connectivity index (χ1n) is 6.16. The molecule has 6 heteroatoms. The molecule has 0 saturated heterocycles. The summed E-state index contributed by atoms with van der Waals surface area (Å²) < 4.78 is 52.2. The van der Waals surface area contributed by atoms with E-state index in [-0.39, 0.29) is 12.1 Å². The number of carbonyl (C=O) groups is 1. The first-order valence-corrected chi connectivity index (χ1v) is 6.16. The molecule has 0 aliphatic heterocycles. The fraction of sp³-hybridized carbons (Fsp3) is 0.133. The number of rotatable bonds is 3. The smallest absolute Gasteiger partial charge is 0.258 e. The predicted octanol–water partition coefficient (Wildman–Crippen LogP) is 3.91. The van der Waals surface area contributed by atoms with Crippen molar-refractivity contribution in [2.24, 2.45) is 0 Å². The molecule has 0 aliphatic rings. The molecule has 0 unspecified atom stereocenters. The molecule has 0 N–H and O–H groups in total. The molecule has 2 aromatic rings. The van der Waals surface area contributed by atoms with E-state index in [4.69, 9.17) is 0 Å². The van der Waals surface area contributed by atoms with E-state index >= 15 is 0 Å². The third kappa shape index (κ3) is 3.04. The fourth-order valence-corrected chi connectivity index (χ4v) is 1.90. The molecule has 0 bridgehead atoms. The topological polar surface area (TPSA) is 20.3 Å². The first-order chi connectivity index (χ1) is 9.93. The van der Waals surface area contributed by atoms with Crippen molar-refractivity contribution < 1.29 is 22.4 Å². The maximum atomic E-state index is 13.2. The van der Waals surface area contributed by atoms with Gasteiger partial charge in [-0.2, -0.15) is 0 Å². The SMILES string of the molecule is CCN(C(=O)c1cc(F)c(F)c(F)c1)c1ccc(F)cc1. The second-order valence-corrected chi connectivity index (χ2v) is 4.28. The van der Waals surface area contributed by atoms with Crippen LogP contribution in [-0.4, -0.2) is 12.5 Å². The molecule has 110 valence electrons. The van der Waals surface area contributed by atoms with Crippen molar-refractivity contribution in [3.63, 3.8) is 0 Å². The molecule has 1 amide bonds. The van der Waals surface area contributed by atoms with Crippen LogP contribution in [0.1, 0.15) is 17.3 Å². The van der Waals surface area contributed by atoms with E-state index < -0.39 is 29.2 Å². The van der Waals surface area contributed by atoms with Crippen LogP contribution in [0.15, 0.2) is 36.4 Å². The summed E-state index contributed by atoms with van der Waals surface area (Å²) in [4.78, 5) is 13.5. The molecule has 0 fully saturated rings. The molecule has 2 rings (SSSR count). The van der Waals surface area contributed by atoms with Crippen LogP contribution in [0.2, 0.25) is 0 Å². The van der Waals surface area contributed by atoms with Gasteiger partial charge in [0.05, 0.1) is 0 Å². The monoisotopic (exact) mass is 297 g/mol. The minimum atomic E-state index is -1.63. The van der Waals surface area contributed by atoms with E-state index in [1.165, 1.54) is 17.0 Å². The van der Waals surface area contributed by atoms with Crippen LogP contribution in [0.25, 0.3) is 0 Å². The zero-order chi connectivity index (χ0) is 15.6. The molecule has 2 aromatic carbocycles. The Morgan fingerprint density at radius 3 is 2.00 bits per heavy atom. The average molecular weight is 297 g/mol. The van der Waals surface area contributed by atoms with Crippen molar-refractivity contribution in [3.8, 4) is 0 Å². The molecule has 0 atom stereocenters. The van der Waals surface area contributed by atoms with Crippen molar-refractivity contribution in [2.75, 3.05) is 11.4 Å². The van der Waals surface area contributed by atoms with Crippen LogP contribution in [0.4, 0.5) is 23.2 Å². The number of hydrogen-bond donors (Lipinski definition) is 0. The van der Waals surface area contributed by atoms with E-state index in [2.05, 4.69) is 0 Å². The van der Waals surface area contributed by atoms with E-state index in [9.17, 15) is 22.4 Å². The number of benzene rings is 2. The molecule has 0 aliphatic carbocycles. The molecule has 2 nitrogen and oxygen atoms in total. The fourth-order valence-electron chi connectivity index (χ4n) is 1.90. The zero-order valence-electron chi connectivity index (χ0n) is 11.0. The number of anilines is 1. The van der Waals surface area contributed by atoms with Gasteiger partial charge in [-0.15, -0.1) is 0 Å². The predicted molar refractivity (Wildman–Crippen MR) is 70.1 cm³/mol. The van der Waals surface area contributed by atoms with Crippen LogP contribution in [-0.2, 0) is 0 Å². The third-order valence-electron chi connectivity index (χ3n) is 2.93. The third-order valence-corrected chi connectivity index (χ3v) is 2.93. The molecule has 0 aromatic heterocycles. The second kappa shape index (κ2) is 5.95. The van der Waals surface area contributed by atoms with Crippen molar-refractivity contribution >= 4 is 11.6 Å². The lowest BCUT2D eigenvalue weighted by atomic mass is 10.1. The Hall–Kier alpha value is -2.37. The Morgan fingerprint density at radius 2 is 1.52 bits per heavy atom. The molecule has 0 radical (unpaired) electrons. The molecular formula is C15H11F4NO. The Bertz CT molecular complexity index is 647. The van der Waals surface area contributed by atoms with Crippen LogP contribution >= 0.6 is 0 Å². The van der Waals surface area contributed by atoms with Crippen LogP contribution in [0.3, 0.4) is 0 Å². The second-order valence-electron chi connectivity index (χ2n) is 4.28.